The van der Waals surface area contributed by atoms with Gasteiger partial charge in [0, 0.05) is 49.3 Å². The van der Waals surface area contributed by atoms with E-state index in [4.69, 9.17) is 33.2 Å². The zero-order chi connectivity index (χ0) is 22.7. The minimum Gasteiger partial charge on any atom is -0.367 e. The van der Waals surface area contributed by atoms with E-state index in [0.29, 0.717) is 0 Å². The molecule has 0 amide bonds. The van der Waals surface area contributed by atoms with Crippen LogP contribution in [0.5, 0.6) is 0 Å². The van der Waals surface area contributed by atoms with Gasteiger partial charge in [-0.2, -0.15) is 0 Å². The highest BCUT2D eigenvalue weighted by atomic mass is 35.5. The molecule has 4 rings (SSSR count). The fourth-order valence-corrected chi connectivity index (χ4v) is 4.28. The van der Waals surface area contributed by atoms with E-state index < -0.39 is 0 Å². The van der Waals surface area contributed by atoms with E-state index in [2.05, 4.69) is 35.9 Å². The van der Waals surface area contributed by atoms with Crippen molar-refractivity contribution in [1.29, 1.82) is 0 Å². The van der Waals surface area contributed by atoms with Crippen molar-refractivity contribution in [2.75, 3.05) is 42.9 Å². The molecular formula is C25H31Cl2N5. The van der Waals surface area contributed by atoms with Crippen molar-refractivity contribution in [3.05, 3.63) is 58.1 Å². The topological polar surface area (TPSA) is 44.3 Å². The van der Waals surface area contributed by atoms with Crippen molar-refractivity contribution in [2.45, 2.75) is 33.7 Å². The van der Waals surface area contributed by atoms with Gasteiger partial charge in [0.2, 0.25) is 0 Å². The second-order valence-corrected chi connectivity index (χ2v) is 10.5. The molecule has 1 aliphatic rings. The molecule has 1 N–H and O–H groups in total. The quantitative estimate of drug-likeness (QED) is 0.469. The number of benzene rings is 2. The highest BCUT2D eigenvalue weighted by Gasteiger charge is 2.23. The van der Waals surface area contributed by atoms with E-state index in [-0.39, 0.29) is 5.41 Å². The van der Waals surface area contributed by atoms with Gasteiger partial charge in [-0.3, -0.25) is 4.90 Å². The number of nitrogens with one attached hydrogen (secondary N) is 1. The summed E-state index contributed by atoms with van der Waals surface area (Å²) in [6.07, 6.45) is 1.06. The smallest absolute Gasteiger partial charge is 0.172 e. The van der Waals surface area contributed by atoms with E-state index in [9.17, 15) is 0 Å². The van der Waals surface area contributed by atoms with Crippen LogP contribution in [0.3, 0.4) is 0 Å². The van der Waals surface area contributed by atoms with E-state index in [1.807, 2.05) is 42.5 Å². The summed E-state index contributed by atoms with van der Waals surface area (Å²) in [4.78, 5) is 14.7. The van der Waals surface area contributed by atoms with Gasteiger partial charge >= 0.3 is 0 Å². The van der Waals surface area contributed by atoms with Crippen LogP contribution in [0, 0.1) is 5.41 Å². The monoisotopic (exact) mass is 471 g/mol. The summed E-state index contributed by atoms with van der Waals surface area (Å²) in [7, 11) is 0. The zero-order valence-electron chi connectivity index (χ0n) is 19.0. The molecule has 1 aromatic heterocycles. The Labute approximate surface area is 200 Å². The summed E-state index contributed by atoms with van der Waals surface area (Å²) in [6.45, 7) is 12.1. The molecule has 2 aromatic carbocycles. The standard InChI is InChI=1S/C25H31Cl2N5/c1-25(2,3)10-11-28-23-24(30-22-7-5-4-6-21(22)29-23)32-14-12-31(13-15-32)17-18-16-19(26)8-9-20(18)27/h4-9,16H,10-15,17H2,1-3H3,(H,28,29). The van der Waals surface area contributed by atoms with Crippen molar-refractivity contribution in [2.24, 2.45) is 5.41 Å². The van der Waals surface area contributed by atoms with Gasteiger partial charge < -0.3 is 10.2 Å². The van der Waals surface area contributed by atoms with E-state index in [1.165, 1.54) is 0 Å². The maximum absolute atomic E-state index is 6.37. The molecule has 1 fully saturated rings. The summed E-state index contributed by atoms with van der Waals surface area (Å²) in [5.41, 5.74) is 3.19. The Bertz CT molecular complexity index is 1070. The number of fused-ring (bicyclic) bond motifs is 1. The minimum atomic E-state index is 0.269. The molecule has 0 spiro atoms. The van der Waals surface area contributed by atoms with Crippen LogP contribution < -0.4 is 10.2 Å². The summed E-state index contributed by atoms with van der Waals surface area (Å²) in [5.74, 6) is 1.82. The first-order chi connectivity index (χ1) is 15.3. The molecule has 1 saturated heterocycles. The van der Waals surface area contributed by atoms with Crippen LogP contribution >= 0.6 is 23.2 Å². The fourth-order valence-electron chi connectivity index (χ4n) is 3.91. The van der Waals surface area contributed by atoms with Gasteiger partial charge in [0.15, 0.2) is 11.6 Å². The average molecular weight is 472 g/mol. The van der Waals surface area contributed by atoms with Crippen LogP contribution in [0.2, 0.25) is 10.0 Å². The number of piperazine rings is 1. The molecule has 1 aliphatic heterocycles. The van der Waals surface area contributed by atoms with Gasteiger partial charge in [0.1, 0.15) is 0 Å². The summed E-state index contributed by atoms with van der Waals surface area (Å²) >= 11 is 12.5. The Morgan fingerprint density at radius 1 is 0.938 bits per heavy atom. The number of hydrogen-bond donors (Lipinski definition) is 1. The van der Waals surface area contributed by atoms with Crippen LogP contribution in [-0.2, 0) is 6.54 Å². The lowest BCUT2D eigenvalue weighted by molar-refractivity contribution is 0.249. The number of para-hydroxylation sites is 2. The molecule has 0 saturated carbocycles. The van der Waals surface area contributed by atoms with Crippen molar-refractivity contribution >= 4 is 45.9 Å². The molecule has 0 radical (unpaired) electrons. The van der Waals surface area contributed by atoms with Crippen LogP contribution in [0.25, 0.3) is 11.0 Å². The Morgan fingerprint density at radius 2 is 1.62 bits per heavy atom. The lowest BCUT2D eigenvalue weighted by Gasteiger charge is -2.36. The van der Waals surface area contributed by atoms with Gasteiger partial charge in [0.25, 0.3) is 0 Å². The molecule has 0 aliphatic carbocycles. The molecule has 0 bridgehead atoms. The zero-order valence-corrected chi connectivity index (χ0v) is 20.5. The molecule has 0 unspecified atom stereocenters. The third-order valence-corrected chi connectivity index (χ3v) is 6.40. The number of rotatable bonds is 6. The predicted octanol–water partition coefficient (Wildman–Crippen LogP) is 6.11. The van der Waals surface area contributed by atoms with Crippen LogP contribution in [-0.4, -0.2) is 47.6 Å². The molecule has 32 heavy (non-hydrogen) atoms. The van der Waals surface area contributed by atoms with E-state index >= 15 is 0 Å². The SMILES string of the molecule is CC(C)(C)CCNc1nc2ccccc2nc1N1CCN(Cc2cc(Cl)ccc2Cl)CC1. The van der Waals surface area contributed by atoms with Gasteiger partial charge in [-0.05, 0) is 47.7 Å². The number of anilines is 2. The van der Waals surface area contributed by atoms with Crippen molar-refractivity contribution < 1.29 is 0 Å². The average Bonchev–Trinajstić information content (AvgIpc) is 2.75. The number of nitrogens with zero attached hydrogens (tertiary/aromatic N) is 4. The third kappa shape index (κ3) is 5.83. The molecule has 170 valence electrons. The molecule has 5 nitrogen and oxygen atoms in total. The first-order valence-corrected chi connectivity index (χ1v) is 12.0. The Kier molecular flexibility index (Phi) is 7.08. The van der Waals surface area contributed by atoms with Gasteiger partial charge in [0.05, 0.1) is 11.0 Å². The molecule has 7 heteroatoms. The fraction of sp³-hybridized carbons (Fsp3) is 0.440. The van der Waals surface area contributed by atoms with Gasteiger partial charge in [-0.25, -0.2) is 9.97 Å². The summed E-state index contributed by atoms with van der Waals surface area (Å²) in [6, 6.07) is 13.7. The molecule has 0 atom stereocenters. The van der Waals surface area contributed by atoms with Crippen LogP contribution in [0.15, 0.2) is 42.5 Å². The first-order valence-electron chi connectivity index (χ1n) is 11.2. The van der Waals surface area contributed by atoms with E-state index in [0.717, 1.165) is 84.0 Å². The summed E-state index contributed by atoms with van der Waals surface area (Å²) in [5, 5.41) is 5.05. The Balaban J connectivity index is 1.49. The molecular weight excluding hydrogens is 441 g/mol. The third-order valence-electron chi connectivity index (χ3n) is 5.79. The Hall–Kier alpha value is -2.08. The Morgan fingerprint density at radius 3 is 2.31 bits per heavy atom. The molecule has 2 heterocycles. The highest BCUT2D eigenvalue weighted by molar-refractivity contribution is 6.33. The highest BCUT2D eigenvalue weighted by Crippen LogP contribution is 2.28. The predicted molar refractivity (Wildman–Crippen MR) is 136 cm³/mol. The van der Waals surface area contributed by atoms with Gasteiger partial charge in [-0.15, -0.1) is 0 Å². The maximum atomic E-state index is 6.37. The van der Waals surface area contributed by atoms with E-state index in [1.54, 1.807) is 0 Å². The second-order valence-electron chi connectivity index (χ2n) is 9.62. The summed E-state index contributed by atoms with van der Waals surface area (Å²) < 4.78 is 0. The minimum absolute atomic E-state index is 0.269. The number of aromatic nitrogens is 2. The first kappa shape index (κ1) is 23.1. The lowest BCUT2D eigenvalue weighted by atomic mass is 9.92. The number of halogens is 2. The maximum Gasteiger partial charge on any atom is 0.172 e. The number of hydrogen-bond acceptors (Lipinski definition) is 5. The normalized spacial score (nSPS) is 15.3. The van der Waals surface area contributed by atoms with Gasteiger partial charge in [-0.1, -0.05) is 56.1 Å². The van der Waals surface area contributed by atoms with Crippen LogP contribution in [0.1, 0.15) is 32.8 Å². The largest absolute Gasteiger partial charge is 0.367 e. The molecule has 3 aromatic rings. The lowest BCUT2D eigenvalue weighted by Crippen LogP contribution is -2.46. The van der Waals surface area contributed by atoms with Crippen LogP contribution in [0.4, 0.5) is 11.6 Å². The second kappa shape index (κ2) is 9.82. The van der Waals surface area contributed by atoms with Crippen molar-refractivity contribution in [1.82, 2.24) is 14.9 Å². The van der Waals surface area contributed by atoms with Crippen molar-refractivity contribution in [3.8, 4) is 0 Å². The van der Waals surface area contributed by atoms with Crippen molar-refractivity contribution in [3.63, 3.8) is 0 Å².